The summed E-state index contributed by atoms with van der Waals surface area (Å²) < 4.78 is 0. The molecule has 1 aromatic carbocycles. The first-order valence-corrected chi connectivity index (χ1v) is 8.47. The fourth-order valence-electron chi connectivity index (χ4n) is 2.18. The largest absolute Gasteiger partial charge is 0.350 e. The number of aliphatic imine (C=N–C) groups is 1. The molecule has 112 valence electrons. The Bertz CT molecular complexity index is 557. The highest BCUT2D eigenvalue weighted by Crippen LogP contribution is 2.30. The third kappa shape index (κ3) is 3.92. The summed E-state index contributed by atoms with van der Waals surface area (Å²) in [5, 5.41) is 4.66. The number of hydrogen-bond donors (Lipinski definition) is 1. The molecule has 1 N–H and O–H groups in total. The molecule has 0 radical (unpaired) electrons. The minimum atomic E-state index is 0.0300. The number of thioether (sulfide) groups is 1. The normalized spacial score (nSPS) is 23.6. The van der Waals surface area contributed by atoms with E-state index in [1.165, 1.54) is 12.8 Å². The fraction of sp³-hybridized carbons (Fsp3) is 0.467. The van der Waals surface area contributed by atoms with E-state index in [0.717, 1.165) is 16.6 Å². The molecule has 3 rings (SSSR count). The number of benzene rings is 1. The Labute approximate surface area is 133 Å². The van der Waals surface area contributed by atoms with E-state index < -0.39 is 0 Å². The summed E-state index contributed by atoms with van der Waals surface area (Å²) in [7, 11) is 2.03. The van der Waals surface area contributed by atoms with Gasteiger partial charge in [-0.2, -0.15) is 0 Å². The van der Waals surface area contributed by atoms with Crippen LogP contribution >= 0.6 is 23.4 Å². The number of carbonyl (C=O) groups is 1. The van der Waals surface area contributed by atoms with Gasteiger partial charge in [-0.25, -0.2) is 0 Å². The lowest BCUT2D eigenvalue weighted by Crippen LogP contribution is -2.33. The van der Waals surface area contributed by atoms with Crippen molar-refractivity contribution in [1.82, 2.24) is 4.90 Å². The second kappa shape index (κ2) is 6.28. The van der Waals surface area contributed by atoms with Gasteiger partial charge < -0.3 is 10.2 Å². The van der Waals surface area contributed by atoms with Gasteiger partial charge in [-0.1, -0.05) is 23.4 Å². The molecule has 1 unspecified atom stereocenters. The zero-order valence-electron chi connectivity index (χ0n) is 11.9. The van der Waals surface area contributed by atoms with Gasteiger partial charge >= 0.3 is 0 Å². The van der Waals surface area contributed by atoms with Crippen molar-refractivity contribution in [2.45, 2.75) is 31.3 Å². The predicted molar refractivity (Wildman–Crippen MR) is 89.2 cm³/mol. The Morgan fingerprint density at radius 3 is 2.81 bits per heavy atom. The van der Waals surface area contributed by atoms with Crippen LogP contribution in [0, 0.1) is 0 Å². The monoisotopic (exact) mass is 323 g/mol. The molecule has 1 saturated carbocycles. The van der Waals surface area contributed by atoms with Crippen molar-refractivity contribution in [3.05, 3.63) is 29.3 Å². The average Bonchev–Trinajstić information content (AvgIpc) is 3.21. The molecule has 0 spiro atoms. The third-order valence-corrected chi connectivity index (χ3v) is 5.10. The maximum Gasteiger partial charge on any atom is 0.226 e. The predicted octanol–water partition coefficient (Wildman–Crippen LogP) is 3.23. The maximum atomic E-state index is 12.1. The van der Waals surface area contributed by atoms with Crippen molar-refractivity contribution < 1.29 is 4.79 Å². The second-order valence-electron chi connectivity index (χ2n) is 5.48. The molecule has 1 heterocycles. The summed E-state index contributed by atoms with van der Waals surface area (Å²) in [5.41, 5.74) is 0.782. The number of nitrogens with one attached hydrogen (secondary N) is 1. The fourth-order valence-corrected chi connectivity index (χ4v) is 3.57. The first-order valence-electron chi connectivity index (χ1n) is 7.10. The van der Waals surface area contributed by atoms with Gasteiger partial charge in [0.1, 0.15) is 0 Å². The van der Waals surface area contributed by atoms with Crippen LogP contribution < -0.4 is 5.32 Å². The zero-order valence-corrected chi connectivity index (χ0v) is 13.5. The van der Waals surface area contributed by atoms with E-state index in [2.05, 4.69) is 15.2 Å². The lowest BCUT2D eigenvalue weighted by atomic mass is 10.2. The van der Waals surface area contributed by atoms with Crippen molar-refractivity contribution in [2.24, 2.45) is 4.99 Å². The van der Waals surface area contributed by atoms with Gasteiger partial charge in [-0.15, -0.1) is 0 Å². The van der Waals surface area contributed by atoms with Gasteiger partial charge in [-0.3, -0.25) is 9.79 Å². The minimum Gasteiger partial charge on any atom is -0.350 e. The molecule has 0 aromatic heterocycles. The van der Waals surface area contributed by atoms with Gasteiger partial charge in [0.15, 0.2) is 5.17 Å². The van der Waals surface area contributed by atoms with E-state index >= 15 is 0 Å². The number of nitrogens with zero attached hydrogens (tertiary/aromatic N) is 2. The molecule has 1 atom stereocenters. The van der Waals surface area contributed by atoms with Crippen LogP contribution in [0.15, 0.2) is 29.3 Å². The lowest BCUT2D eigenvalue weighted by molar-refractivity contribution is -0.116. The molecule has 21 heavy (non-hydrogen) atoms. The van der Waals surface area contributed by atoms with Gasteiger partial charge in [0.05, 0.1) is 6.04 Å². The van der Waals surface area contributed by atoms with Crippen molar-refractivity contribution in [1.29, 1.82) is 0 Å². The van der Waals surface area contributed by atoms with Gasteiger partial charge in [0.25, 0.3) is 0 Å². The standard InChI is InChI=1S/C15H18ClN3OS/c1-19-13(9-21-15(19)18-12-6-7-12)8-14(20)17-11-4-2-10(16)3-5-11/h2-5,12-13H,6-9H2,1H3,(H,17,20). The van der Waals surface area contributed by atoms with E-state index in [0.29, 0.717) is 17.5 Å². The van der Waals surface area contributed by atoms with E-state index in [9.17, 15) is 4.79 Å². The smallest absolute Gasteiger partial charge is 0.226 e. The first kappa shape index (κ1) is 14.7. The van der Waals surface area contributed by atoms with Crippen LogP contribution in [-0.4, -0.2) is 40.9 Å². The molecule has 4 nitrogen and oxygen atoms in total. The van der Waals surface area contributed by atoms with E-state index in [4.69, 9.17) is 11.6 Å². The SMILES string of the molecule is CN1C(=NC2CC2)SCC1CC(=O)Nc1ccc(Cl)cc1. The first-order chi connectivity index (χ1) is 10.1. The molecule has 2 fully saturated rings. The molecular weight excluding hydrogens is 306 g/mol. The summed E-state index contributed by atoms with van der Waals surface area (Å²) in [6, 6.07) is 7.92. The third-order valence-electron chi connectivity index (χ3n) is 3.64. The van der Waals surface area contributed by atoms with Crippen LogP contribution in [0.2, 0.25) is 5.02 Å². The molecule has 6 heteroatoms. The van der Waals surface area contributed by atoms with Gasteiger partial charge in [-0.05, 0) is 37.1 Å². The highest BCUT2D eigenvalue weighted by molar-refractivity contribution is 8.14. The Hall–Kier alpha value is -1.20. The maximum absolute atomic E-state index is 12.1. The van der Waals surface area contributed by atoms with Crippen molar-refractivity contribution in [3.8, 4) is 0 Å². The topological polar surface area (TPSA) is 44.7 Å². The molecule has 0 bridgehead atoms. The number of halogens is 1. The number of anilines is 1. The number of carbonyl (C=O) groups excluding carboxylic acids is 1. The summed E-state index contributed by atoms with van der Waals surface area (Å²) in [6.45, 7) is 0. The Kier molecular flexibility index (Phi) is 4.40. The van der Waals surface area contributed by atoms with E-state index in [1.807, 2.05) is 19.2 Å². The van der Waals surface area contributed by atoms with E-state index in [-0.39, 0.29) is 11.9 Å². The van der Waals surface area contributed by atoms with Crippen LogP contribution in [0.25, 0.3) is 0 Å². The summed E-state index contributed by atoms with van der Waals surface area (Å²) in [5.74, 6) is 0.957. The Balaban J connectivity index is 1.54. The van der Waals surface area contributed by atoms with Crippen LogP contribution in [-0.2, 0) is 4.79 Å². The van der Waals surface area contributed by atoms with Gasteiger partial charge in [0, 0.05) is 36.0 Å². The molecule has 1 amide bonds. The minimum absolute atomic E-state index is 0.0300. The molecule has 2 aliphatic rings. The highest BCUT2D eigenvalue weighted by atomic mass is 35.5. The number of hydrogen-bond acceptors (Lipinski definition) is 3. The molecule has 1 saturated heterocycles. The van der Waals surface area contributed by atoms with Crippen LogP contribution in [0.3, 0.4) is 0 Å². The number of rotatable bonds is 4. The summed E-state index contributed by atoms with van der Waals surface area (Å²) >= 11 is 7.59. The van der Waals surface area contributed by atoms with Crippen LogP contribution in [0.5, 0.6) is 0 Å². The van der Waals surface area contributed by atoms with Crippen molar-refractivity contribution in [3.63, 3.8) is 0 Å². The van der Waals surface area contributed by atoms with Crippen LogP contribution in [0.4, 0.5) is 5.69 Å². The van der Waals surface area contributed by atoms with E-state index in [1.54, 1.807) is 23.9 Å². The Morgan fingerprint density at radius 2 is 2.14 bits per heavy atom. The summed E-state index contributed by atoms with van der Waals surface area (Å²) in [4.78, 5) is 18.9. The van der Waals surface area contributed by atoms with Gasteiger partial charge in [0.2, 0.25) is 5.91 Å². The molecule has 1 aromatic rings. The molecule has 1 aliphatic carbocycles. The summed E-state index contributed by atoms with van der Waals surface area (Å²) in [6.07, 6.45) is 2.90. The Morgan fingerprint density at radius 1 is 1.43 bits per heavy atom. The molecular formula is C15H18ClN3OS. The average molecular weight is 324 g/mol. The number of amides is 1. The quantitative estimate of drug-likeness (QED) is 0.925. The second-order valence-corrected chi connectivity index (χ2v) is 6.90. The van der Waals surface area contributed by atoms with Crippen LogP contribution in [0.1, 0.15) is 19.3 Å². The molecule has 1 aliphatic heterocycles. The van der Waals surface area contributed by atoms with Crippen molar-refractivity contribution in [2.75, 3.05) is 18.1 Å². The van der Waals surface area contributed by atoms with Crippen molar-refractivity contribution >= 4 is 40.1 Å². The lowest BCUT2D eigenvalue weighted by Gasteiger charge is -2.20. The highest BCUT2D eigenvalue weighted by Gasteiger charge is 2.31. The number of amidine groups is 1. The zero-order chi connectivity index (χ0) is 14.8.